The largest absolute Gasteiger partial charge is 0.454 e. The lowest BCUT2D eigenvalue weighted by Gasteiger charge is -2.32. The summed E-state index contributed by atoms with van der Waals surface area (Å²) in [4.78, 5) is 6.74. The highest BCUT2D eigenvalue weighted by Crippen LogP contribution is 2.27. The number of ether oxygens (including phenoxy) is 1. The van der Waals surface area contributed by atoms with Crippen LogP contribution in [0, 0.1) is 5.82 Å². The van der Waals surface area contributed by atoms with Crippen molar-refractivity contribution in [3.63, 3.8) is 0 Å². The van der Waals surface area contributed by atoms with E-state index in [0.29, 0.717) is 18.3 Å². The summed E-state index contributed by atoms with van der Waals surface area (Å²) in [6, 6.07) is 14.4. The molecule has 3 rings (SSSR count). The quantitative estimate of drug-likeness (QED) is 0.242. The van der Waals surface area contributed by atoms with Gasteiger partial charge in [-0.3, -0.25) is 9.89 Å². The van der Waals surface area contributed by atoms with E-state index in [1.807, 2.05) is 30.3 Å². The van der Waals surface area contributed by atoms with Crippen LogP contribution in [-0.2, 0) is 6.54 Å². The summed E-state index contributed by atoms with van der Waals surface area (Å²) < 4.78 is 19.7. The average Bonchev–Trinajstić information content (AvgIpc) is 2.75. The highest BCUT2D eigenvalue weighted by Gasteiger charge is 2.19. The first-order valence-electron chi connectivity index (χ1n) is 10.0. The van der Waals surface area contributed by atoms with Gasteiger partial charge in [0.15, 0.2) is 17.5 Å². The third-order valence-electron chi connectivity index (χ3n) is 5.01. The van der Waals surface area contributed by atoms with Crippen LogP contribution in [0.2, 0.25) is 0 Å². The number of guanidine groups is 1. The first-order chi connectivity index (χ1) is 14.2. The zero-order valence-electron chi connectivity index (χ0n) is 17.3. The Morgan fingerprint density at radius 1 is 1.17 bits per heavy atom. The standard InChI is InChI=1S/C23H29FN4O.HI/c1-3-14-28-15-12-19(13-16-28)27-23(25-2)26-17-18-8-4-6-10-21(18)29-22-11-7-5-9-20(22)24;/h3-11,19H,1,12-17H2,2H3,(H2,25,26,27);1H. The van der Waals surface area contributed by atoms with E-state index in [2.05, 4.69) is 27.1 Å². The molecule has 0 saturated carbocycles. The van der Waals surface area contributed by atoms with Gasteiger partial charge in [-0.05, 0) is 31.0 Å². The minimum Gasteiger partial charge on any atom is -0.454 e. The number of nitrogens with zero attached hydrogens (tertiary/aromatic N) is 2. The predicted molar refractivity (Wildman–Crippen MR) is 131 cm³/mol. The Balaban J connectivity index is 0.00000320. The van der Waals surface area contributed by atoms with E-state index >= 15 is 0 Å². The summed E-state index contributed by atoms with van der Waals surface area (Å²) >= 11 is 0. The van der Waals surface area contributed by atoms with Crippen LogP contribution in [0.5, 0.6) is 11.5 Å². The summed E-state index contributed by atoms with van der Waals surface area (Å²) in [6.07, 6.45) is 4.10. The van der Waals surface area contributed by atoms with E-state index in [1.54, 1.807) is 25.2 Å². The highest BCUT2D eigenvalue weighted by atomic mass is 127. The van der Waals surface area contributed by atoms with Gasteiger partial charge in [0.05, 0.1) is 0 Å². The van der Waals surface area contributed by atoms with Crippen LogP contribution < -0.4 is 15.4 Å². The molecule has 0 aromatic heterocycles. The molecule has 0 amide bonds. The maximum Gasteiger partial charge on any atom is 0.191 e. The Hall–Kier alpha value is -2.13. The molecule has 2 N–H and O–H groups in total. The Morgan fingerprint density at radius 2 is 1.83 bits per heavy atom. The Morgan fingerprint density at radius 3 is 2.50 bits per heavy atom. The molecule has 0 spiro atoms. The van der Waals surface area contributed by atoms with E-state index in [4.69, 9.17) is 4.74 Å². The zero-order chi connectivity index (χ0) is 20.5. The first-order valence-corrected chi connectivity index (χ1v) is 10.0. The molecule has 0 bridgehead atoms. The second-order valence-corrected chi connectivity index (χ2v) is 7.07. The Kier molecular flexibility index (Phi) is 10.1. The molecule has 1 aliphatic heterocycles. The molecule has 0 aliphatic carbocycles. The van der Waals surface area contributed by atoms with Gasteiger partial charge in [0.2, 0.25) is 0 Å². The fourth-order valence-corrected chi connectivity index (χ4v) is 3.40. The number of benzene rings is 2. The van der Waals surface area contributed by atoms with Gasteiger partial charge in [-0.25, -0.2) is 4.39 Å². The summed E-state index contributed by atoms with van der Waals surface area (Å²) in [6.45, 7) is 7.39. The van der Waals surface area contributed by atoms with E-state index < -0.39 is 0 Å². The highest BCUT2D eigenvalue weighted by molar-refractivity contribution is 14.0. The molecule has 5 nitrogen and oxygen atoms in total. The van der Waals surface area contributed by atoms with Crippen molar-refractivity contribution >= 4 is 29.9 Å². The average molecular weight is 524 g/mol. The number of likely N-dealkylation sites (tertiary alicyclic amines) is 1. The normalized spacial score (nSPS) is 15.2. The van der Waals surface area contributed by atoms with Gasteiger partial charge in [-0.1, -0.05) is 36.4 Å². The summed E-state index contributed by atoms with van der Waals surface area (Å²) in [5.41, 5.74) is 0.930. The lowest BCUT2D eigenvalue weighted by Crippen LogP contribution is -2.48. The molecule has 1 heterocycles. The number of para-hydroxylation sites is 2. The van der Waals surface area contributed by atoms with Crippen molar-refractivity contribution in [3.8, 4) is 11.5 Å². The maximum absolute atomic E-state index is 13.9. The number of aliphatic imine (C=N–C) groups is 1. The molecule has 0 atom stereocenters. The monoisotopic (exact) mass is 524 g/mol. The topological polar surface area (TPSA) is 48.9 Å². The van der Waals surface area contributed by atoms with Crippen molar-refractivity contribution in [2.45, 2.75) is 25.4 Å². The van der Waals surface area contributed by atoms with Gasteiger partial charge in [0, 0.05) is 44.8 Å². The van der Waals surface area contributed by atoms with Crippen LogP contribution in [0.3, 0.4) is 0 Å². The predicted octanol–water partition coefficient (Wildman–Crippen LogP) is 4.55. The Labute approximate surface area is 195 Å². The smallest absolute Gasteiger partial charge is 0.191 e. The van der Waals surface area contributed by atoms with Crippen molar-refractivity contribution in [1.29, 1.82) is 0 Å². The van der Waals surface area contributed by atoms with Crippen LogP contribution in [0.4, 0.5) is 4.39 Å². The molecular weight excluding hydrogens is 494 g/mol. The van der Waals surface area contributed by atoms with Gasteiger partial charge in [-0.2, -0.15) is 0 Å². The van der Waals surface area contributed by atoms with Crippen molar-refractivity contribution in [2.75, 3.05) is 26.7 Å². The maximum atomic E-state index is 13.9. The molecule has 1 saturated heterocycles. The molecule has 2 aromatic carbocycles. The van der Waals surface area contributed by atoms with Crippen LogP contribution >= 0.6 is 24.0 Å². The summed E-state index contributed by atoms with van der Waals surface area (Å²) in [7, 11) is 1.77. The van der Waals surface area contributed by atoms with Crippen LogP contribution in [0.1, 0.15) is 18.4 Å². The molecule has 0 radical (unpaired) electrons. The van der Waals surface area contributed by atoms with Crippen molar-refractivity contribution in [1.82, 2.24) is 15.5 Å². The van der Waals surface area contributed by atoms with E-state index in [1.165, 1.54) is 6.07 Å². The first kappa shape index (κ1) is 24.1. The molecule has 2 aromatic rings. The van der Waals surface area contributed by atoms with E-state index in [-0.39, 0.29) is 35.5 Å². The van der Waals surface area contributed by atoms with Gasteiger partial charge in [0.25, 0.3) is 0 Å². The number of nitrogens with one attached hydrogen (secondary N) is 2. The number of piperidine rings is 1. The molecule has 1 aliphatic rings. The number of hydrogen-bond donors (Lipinski definition) is 2. The third kappa shape index (κ3) is 6.98. The SMILES string of the molecule is C=CCN1CCC(NC(=NC)NCc2ccccc2Oc2ccccc2F)CC1.I. The number of hydrogen-bond acceptors (Lipinski definition) is 3. The molecule has 162 valence electrons. The molecule has 7 heteroatoms. The number of rotatable bonds is 7. The van der Waals surface area contributed by atoms with Gasteiger partial charge >= 0.3 is 0 Å². The van der Waals surface area contributed by atoms with E-state index in [9.17, 15) is 4.39 Å². The van der Waals surface area contributed by atoms with Gasteiger partial charge in [-0.15, -0.1) is 30.6 Å². The van der Waals surface area contributed by atoms with Crippen molar-refractivity contribution in [2.24, 2.45) is 4.99 Å². The molecule has 0 unspecified atom stereocenters. The molecule has 1 fully saturated rings. The third-order valence-corrected chi connectivity index (χ3v) is 5.01. The minimum absolute atomic E-state index is 0. The number of halogens is 2. The van der Waals surface area contributed by atoms with Gasteiger partial charge in [0.1, 0.15) is 5.75 Å². The molecule has 30 heavy (non-hydrogen) atoms. The lowest BCUT2D eigenvalue weighted by atomic mass is 10.1. The van der Waals surface area contributed by atoms with Crippen molar-refractivity contribution in [3.05, 3.63) is 72.6 Å². The second-order valence-electron chi connectivity index (χ2n) is 7.07. The fraction of sp³-hybridized carbons (Fsp3) is 0.348. The summed E-state index contributed by atoms with van der Waals surface area (Å²) in [5, 5.41) is 6.85. The van der Waals surface area contributed by atoms with Crippen LogP contribution in [0.25, 0.3) is 0 Å². The van der Waals surface area contributed by atoms with Crippen LogP contribution in [0.15, 0.2) is 66.2 Å². The fourth-order valence-electron chi connectivity index (χ4n) is 3.40. The summed E-state index contributed by atoms with van der Waals surface area (Å²) in [5.74, 6) is 1.22. The Bertz CT molecular complexity index is 837. The molecular formula is C23H30FIN4O. The van der Waals surface area contributed by atoms with Gasteiger partial charge < -0.3 is 15.4 Å². The second kappa shape index (κ2) is 12.5. The zero-order valence-corrected chi connectivity index (χ0v) is 19.6. The lowest BCUT2D eigenvalue weighted by molar-refractivity contribution is 0.225. The van der Waals surface area contributed by atoms with Crippen LogP contribution in [-0.4, -0.2) is 43.6 Å². The van der Waals surface area contributed by atoms with E-state index in [0.717, 1.165) is 44.0 Å². The van der Waals surface area contributed by atoms with Crippen molar-refractivity contribution < 1.29 is 9.13 Å². The minimum atomic E-state index is -0.379.